The normalized spacial score (nSPS) is 17.2. The van der Waals surface area contributed by atoms with Crippen LogP contribution in [0.2, 0.25) is 5.02 Å². The van der Waals surface area contributed by atoms with Crippen LogP contribution in [0.25, 0.3) is 5.69 Å². The van der Waals surface area contributed by atoms with Gasteiger partial charge in [-0.15, -0.1) is 0 Å². The van der Waals surface area contributed by atoms with Crippen LogP contribution in [0.1, 0.15) is 29.8 Å². The summed E-state index contributed by atoms with van der Waals surface area (Å²) in [5.41, 5.74) is 3.81. The lowest BCUT2D eigenvalue weighted by Crippen LogP contribution is -2.37. The molecule has 1 atom stereocenters. The standard InChI is InChI=1S/C18H23ClN4O/c1-12-17(10-18(24)21-11-15-4-3-9-20-15)13(2)23(22-12)16-7-5-14(19)6-8-16/h5-8,15,20H,3-4,9-11H2,1-2H3,(H,21,24). The molecule has 2 N–H and O–H groups in total. The summed E-state index contributed by atoms with van der Waals surface area (Å²) in [6, 6.07) is 7.95. The van der Waals surface area contributed by atoms with Crippen LogP contribution in [0.15, 0.2) is 24.3 Å². The molecule has 0 bridgehead atoms. The lowest BCUT2D eigenvalue weighted by atomic mass is 10.1. The zero-order chi connectivity index (χ0) is 17.1. The van der Waals surface area contributed by atoms with Crippen LogP contribution in [0.5, 0.6) is 0 Å². The summed E-state index contributed by atoms with van der Waals surface area (Å²) in [5.74, 6) is 0.0468. The fourth-order valence-electron chi connectivity index (χ4n) is 3.16. The van der Waals surface area contributed by atoms with Gasteiger partial charge in [0.15, 0.2) is 0 Å². The van der Waals surface area contributed by atoms with Gasteiger partial charge in [-0.05, 0) is 57.5 Å². The average molecular weight is 347 g/mol. The molecule has 1 amide bonds. The van der Waals surface area contributed by atoms with E-state index < -0.39 is 0 Å². The van der Waals surface area contributed by atoms with Gasteiger partial charge >= 0.3 is 0 Å². The lowest BCUT2D eigenvalue weighted by molar-refractivity contribution is -0.120. The maximum absolute atomic E-state index is 12.3. The third-order valence-electron chi connectivity index (χ3n) is 4.56. The average Bonchev–Trinajstić information content (AvgIpc) is 3.17. The number of nitrogens with one attached hydrogen (secondary N) is 2. The van der Waals surface area contributed by atoms with E-state index in [4.69, 9.17) is 11.6 Å². The van der Waals surface area contributed by atoms with Gasteiger partial charge in [0, 0.05) is 28.9 Å². The van der Waals surface area contributed by atoms with Crippen molar-refractivity contribution in [3.05, 3.63) is 46.2 Å². The molecule has 1 fully saturated rings. The van der Waals surface area contributed by atoms with Gasteiger partial charge in [0.1, 0.15) is 0 Å². The van der Waals surface area contributed by atoms with Crippen molar-refractivity contribution in [1.82, 2.24) is 20.4 Å². The van der Waals surface area contributed by atoms with Crippen molar-refractivity contribution >= 4 is 17.5 Å². The molecule has 24 heavy (non-hydrogen) atoms. The van der Waals surface area contributed by atoms with E-state index >= 15 is 0 Å². The van der Waals surface area contributed by atoms with Crippen LogP contribution in [0.4, 0.5) is 0 Å². The second-order valence-corrected chi connectivity index (χ2v) is 6.75. The Morgan fingerprint density at radius 1 is 1.38 bits per heavy atom. The Labute approximate surface area is 147 Å². The molecule has 0 saturated carbocycles. The van der Waals surface area contributed by atoms with Gasteiger partial charge in [-0.1, -0.05) is 11.6 Å². The van der Waals surface area contributed by atoms with E-state index in [1.54, 1.807) is 0 Å². The van der Waals surface area contributed by atoms with Crippen molar-refractivity contribution in [2.24, 2.45) is 0 Å². The van der Waals surface area contributed by atoms with Crippen molar-refractivity contribution in [2.45, 2.75) is 39.2 Å². The highest BCUT2D eigenvalue weighted by Crippen LogP contribution is 2.20. The first kappa shape index (κ1) is 17.0. The highest BCUT2D eigenvalue weighted by Gasteiger charge is 2.18. The number of hydrogen-bond acceptors (Lipinski definition) is 3. The summed E-state index contributed by atoms with van der Waals surface area (Å²) in [6.07, 6.45) is 2.68. The first-order valence-electron chi connectivity index (χ1n) is 8.35. The molecule has 2 heterocycles. The molecular formula is C18H23ClN4O. The van der Waals surface area contributed by atoms with Gasteiger partial charge in [0.05, 0.1) is 17.8 Å². The Balaban J connectivity index is 1.69. The fourth-order valence-corrected chi connectivity index (χ4v) is 3.28. The third kappa shape index (κ3) is 3.79. The van der Waals surface area contributed by atoms with Gasteiger partial charge in [0.2, 0.25) is 5.91 Å². The van der Waals surface area contributed by atoms with Gasteiger partial charge in [0.25, 0.3) is 0 Å². The van der Waals surface area contributed by atoms with E-state index in [-0.39, 0.29) is 5.91 Å². The van der Waals surface area contributed by atoms with Crippen molar-refractivity contribution < 1.29 is 4.79 Å². The molecule has 2 aromatic rings. The minimum absolute atomic E-state index is 0.0468. The number of carbonyl (C=O) groups is 1. The first-order chi connectivity index (χ1) is 11.5. The summed E-state index contributed by atoms with van der Waals surface area (Å²) in [4.78, 5) is 12.3. The summed E-state index contributed by atoms with van der Waals surface area (Å²) >= 11 is 5.95. The summed E-state index contributed by atoms with van der Waals surface area (Å²) in [5, 5.41) is 11.7. The van der Waals surface area contributed by atoms with Crippen molar-refractivity contribution in [1.29, 1.82) is 0 Å². The predicted molar refractivity (Wildman–Crippen MR) is 95.8 cm³/mol. The van der Waals surface area contributed by atoms with Crippen LogP contribution in [0, 0.1) is 13.8 Å². The minimum atomic E-state index is 0.0468. The highest BCUT2D eigenvalue weighted by atomic mass is 35.5. The van der Waals surface area contributed by atoms with Crippen molar-refractivity contribution in [3.63, 3.8) is 0 Å². The number of carbonyl (C=O) groups excluding carboxylic acids is 1. The molecule has 1 aromatic heterocycles. The highest BCUT2D eigenvalue weighted by molar-refractivity contribution is 6.30. The van der Waals surface area contributed by atoms with Crippen molar-refractivity contribution in [2.75, 3.05) is 13.1 Å². The Morgan fingerprint density at radius 2 is 2.12 bits per heavy atom. The molecule has 5 nitrogen and oxygen atoms in total. The maximum Gasteiger partial charge on any atom is 0.224 e. The number of aryl methyl sites for hydroxylation is 1. The molecule has 1 aliphatic heterocycles. The number of hydrogen-bond donors (Lipinski definition) is 2. The molecule has 1 aliphatic rings. The second-order valence-electron chi connectivity index (χ2n) is 6.31. The van der Waals surface area contributed by atoms with E-state index in [1.807, 2.05) is 42.8 Å². The molecule has 0 aliphatic carbocycles. The lowest BCUT2D eigenvalue weighted by Gasteiger charge is -2.11. The Hall–Kier alpha value is -1.85. The zero-order valence-corrected chi connectivity index (χ0v) is 14.9. The first-order valence-corrected chi connectivity index (χ1v) is 8.73. The molecule has 128 valence electrons. The van der Waals surface area contributed by atoms with E-state index in [0.717, 1.165) is 35.6 Å². The van der Waals surface area contributed by atoms with E-state index in [2.05, 4.69) is 15.7 Å². The van der Waals surface area contributed by atoms with Crippen LogP contribution >= 0.6 is 11.6 Å². The number of rotatable bonds is 5. The van der Waals surface area contributed by atoms with Crippen LogP contribution < -0.4 is 10.6 Å². The number of halogens is 1. The van der Waals surface area contributed by atoms with E-state index in [9.17, 15) is 4.79 Å². The monoisotopic (exact) mass is 346 g/mol. The van der Waals surface area contributed by atoms with Crippen LogP contribution in [-0.2, 0) is 11.2 Å². The third-order valence-corrected chi connectivity index (χ3v) is 4.81. The number of aromatic nitrogens is 2. The number of benzene rings is 1. The van der Waals surface area contributed by atoms with Gasteiger partial charge < -0.3 is 10.6 Å². The van der Waals surface area contributed by atoms with Crippen LogP contribution in [0.3, 0.4) is 0 Å². The fraction of sp³-hybridized carbons (Fsp3) is 0.444. The Kier molecular flexibility index (Phi) is 5.21. The second kappa shape index (κ2) is 7.36. The van der Waals surface area contributed by atoms with Crippen molar-refractivity contribution in [3.8, 4) is 5.69 Å². The molecule has 1 saturated heterocycles. The van der Waals surface area contributed by atoms with Crippen LogP contribution in [-0.4, -0.2) is 34.8 Å². The summed E-state index contributed by atoms with van der Waals surface area (Å²) in [7, 11) is 0. The number of nitrogens with zero attached hydrogens (tertiary/aromatic N) is 2. The molecule has 0 spiro atoms. The smallest absolute Gasteiger partial charge is 0.224 e. The Morgan fingerprint density at radius 3 is 2.79 bits per heavy atom. The summed E-state index contributed by atoms with van der Waals surface area (Å²) in [6.45, 7) is 5.69. The van der Waals surface area contributed by atoms with Gasteiger partial charge in [-0.2, -0.15) is 5.10 Å². The van der Waals surface area contributed by atoms with Gasteiger partial charge in [-0.3, -0.25) is 4.79 Å². The molecule has 6 heteroatoms. The number of amides is 1. The minimum Gasteiger partial charge on any atom is -0.354 e. The largest absolute Gasteiger partial charge is 0.354 e. The quantitative estimate of drug-likeness (QED) is 0.874. The van der Waals surface area contributed by atoms with Gasteiger partial charge in [-0.25, -0.2) is 4.68 Å². The molecule has 1 unspecified atom stereocenters. The molecule has 1 aromatic carbocycles. The Bertz CT molecular complexity index is 717. The maximum atomic E-state index is 12.3. The SMILES string of the molecule is Cc1nn(-c2ccc(Cl)cc2)c(C)c1CC(=O)NCC1CCCN1. The molecule has 3 rings (SSSR count). The molecule has 0 radical (unpaired) electrons. The summed E-state index contributed by atoms with van der Waals surface area (Å²) < 4.78 is 1.87. The van der Waals surface area contributed by atoms with E-state index in [0.29, 0.717) is 24.0 Å². The zero-order valence-electron chi connectivity index (χ0n) is 14.1. The topological polar surface area (TPSA) is 59.0 Å². The molecular weight excluding hydrogens is 324 g/mol. The van der Waals surface area contributed by atoms with E-state index in [1.165, 1.54) is 6.42 Å². The predicted octanol–water partition coefficient (Wildman–Crippen LogP) is 2.55.